The van der Waals surface area contributed by atoms with Crippen molar-refractivity contribution in [1.82, 2.24) is 19.8 Å². The molecule has 5 heteroatoms. The average molecular weight is 202 g/mol. The zero-order valence-corrected chi connectivity index (χ0v) is 8.02. The fourth-order valence-corrected chi connectivity index (χ4v) is 1.80. The fourth-order valence-electron chi connectivity index (χ4n) is 1.51. The number of fused-ring (bicyclic) bond motifs is 3. The maximum absolute atomic E-state index is 4.31. The first kappa shape index (κ1) is 7.75. The van der Waals surface area contributed by atoms with Crippen molar-refractivity contribution in [3.63, 3.8) is 0 Å². The minimum Gasteiger partial charge on any atom is -0.199 e. The van der Waals surface area contributed by atoms with Gasteiger partial charge in [-0.15, -0.1) is 22.8 Å². The molecule has 3 rings (SSSR count). The van der Waals surface area contributed by atoms with E-state index in [1.807, 2.05) is 24.3 Å². The van der Waals surface area contributed by atoms with Gasteiger partial charge in [0.2, 0.25) is 0 Å². The summed E-state index contributed by atoms with van der Waals surface area (Å²) >= 11 is 4.31. The zero-order valence-electron chi connectivity index (χ0n) is 7.12. The van der Waals surface area contributed by atoms with E-state index in [1.165, 1.54) is 0 Å². The standard InChI is InChI=1S/C9H6N4S/c14-9-7-4-2-1-3-6(7)8-11-10-5-13(8)12-9/h1-5H,(H,12,14). The fraction of sp³-hybridized carbons (Fsp3) is 0. The molecular weight excluding hydrogens is 196 g/mol. The Bertz CT molecular complexity index is 616. The number of benzene rings is 1. The van der Waals surface area contributed by atoms with Gasteiger partial charge in [-0.3, -0.25) is 0 Å². The maximum atomic E-state index is 4.31. The Morgan fingerprint density at radius 1 is 1.14 bits per heavy atom. The number of thiol groups is 1. The van der Waals surface area contributed by atoms with E-state index in [0.29, 0.717) is 5.03 Å². The minimum absolute atomic E-state index is 0.688. The van der Waals surface area contributed by atoms with Crippen LogP contribution >= 0.6 is 12.6 Å². The molecule has 14 heavy (non-hydrogen) atoms. The van der Waals surface area contributed by atoms with Gasteiger partial charge in [-0.25, -0.2) is 0 Å². The summed E-state index contributed by atoms with van der Waals surface area (Å²) in [6, 6.07) is 7.88. The van der Waals surface area contributed by atoms with E-state index in [4.69, 9.17) is 0 Å². The highest BCUT2D eigenvalue weighted by molar-refractivity contribution is 7.80. The molecule has 0 aliphatic rings. The summed E-state index contributed by atoms with van der Waals surface area (Å²) in [6.07, 6.45) is 1.57. The van der Waals surface area contributed by atoms with Crippen LogP contribution in [-0.2, 0) is 0 Å². The predicted molar refractivity (Wildman–Crippen MR) is 55.5 cm³/mol. The zero-order chi connectivity index (χ0) is 9.54. The Morgan fingerprint density at radius 2 is 1.93 bits per heavy atom. The van der Waals surface area contributed by atoms with Gasteiger partial charge in [0.15, 0.2) is 5.65 Å². The monoisotopic (exact) mass is 202 g/mol. The Kier molecular flexibility index (Phi) is 1.49. The number of hydrogen-bond donors (Lipinski definition) is 1. The van der Waals surface area contributed by atoms with E-state index in [9.17, 15) is 0 Å². The Morgan fingerprint density at radius 3 is 2.79 bits per heavy atom. The highest BCUT2D eigenvalue weighted by atomic mass is 32.1. The molecule has 0 amide bonds. The quantitative estimate of drug-likeness (QED) is 0.563. The highest BCUT2D eigenvalue weighted by Crippen LogP contribution is 2.21. The first-order chi connectivity index (χ1) is 6.86. The van der Waals surface area contributed by atoms with Crippen LogP contribution in [0.1, 0.15) is 0 Å². The third-order valence-corrected chi connectivity index (χ3v) is 2.47. The van der Waals surface area contributed by atoms with Crippen LogP contribution in [0.2, 0.25) is 0 Å². The van der Waals surface area contributed by atoms with Gasteiger partial charge in [0.05, 0.1) is 0 Å². The number of rotatable bonds is 0. The summed E-state index contributed by atoms with van der Waals surface area (Å²) in [5, 5.41) is 14.7. The van der Waals surface area contributed by atoms with Crippen molar-refractivity contribution in [3.8, 4) is 0 Å². The van der Waals surface area contributed by atoms with E-state index in [0.717, 1.165) is 16.4 Å². The molecule has 68 valence electrons. The van der Waals surface area contributed by atoms with Gasteiger partial charge in [-0.1, -0.05) is 24.3 Å². The molecule has 0 fully saturated rings. The van der Waals surface area contributed by atoms with Crippen LogP contribution in [0.4, 0.5) is 0 Å². The maximum Gasteiger partial charge on any atom is 0.185 e. The summed E-state index contributed by atoms with van der Waals surface area (Å²) in [4.78, 5) is 0. The third-order valence-electron chi connectivity index (χ3n) is 2.14. The molecule has 0 atom stereocenters. The molecular formula is C9H6N4S. The summed E-state index contributed by atoms with van der Waals surface area (Å²) in [5.74, 6) is 0. The average Bonchev–Trinajstić information content (AvgIpc) is 2.66. The molecule has 0 radical (unpaired) electrons. The Labute approximate surface area is 85.0 Å². The molecule has 3 aromatic rings. The molecule has 0 saturated carbocycles. The Balaban J connectivity index is 2.67. The largest absolute Gasteiger partial charge is 0.199 e. The van der Waals surface area contributed by atoms with E-state index in [1.54, 1.807) is 10.8 Å². The van der Waals surface area contributed by atoms with Gasteiger partial charge >= 0.3 is 0 Å². The summed E-state index contributed by atoms with van der Waals surface area (Å²) < 4.78 is 1.63. The van der Waals surface area contributed by atoms with Gasteiger partial charge in [0.25, 0.3) is 0 Å². The van der Waals surface area contributed by atoms with Gasteiger partial charge in [-0.2, -0.15) is 9.61 Å². The second-order valence-corrected chi connectivity index (χ2v) is 3.39. The first-order valence-electron chi connectivity index (χ1n) is 4.14. The molecule has 0 spiro atoms. The summed E-state index contributed by atoms with van der Waals surface area (Å²) in [6.45, 7) is 0. The molecule has 1 aromatic carbocycles. The smallest absolute Gasteiger partial charge is 0.185 e. The van der Waals surface area contributed by atoms with Crippen molar-refractivity contribution in [2.45, 2.75) is 5.03 Å². The van der Waals surface area contributed by atoms with E-state index in [-0.39, 0.29) is 0 Å². The lowest BCUT2D eigenvalue weighted by atomic mass is 10.2. The Hall–Kier alpha value is -1.62. The summed E-state index contributed by atoms with van der Waals surface area (Å²) in [5.41, 5.74) is 0.762. The second-order valence-electron chi connectivity index (χ2n) is 2.97. The topological polar surface area (TPSA) is 43.1 Å². The van der Waals surface area contributed by atoms with Crippen molar-refractivity contribution in [2.75, 3.05) is 0 Å². The number of aromatic nitrogens is 4. The normalized spacial score (nSPS) is 11.2. The van der Waals surface area contributed by atoms with Crippen LogP contribution in [0.15, 0.2) is 35.6 Å². The molecule has 0 bridgehead atoms. The van der Waals surface area contributed by atoms with Crippen LogP contribution in [-0.4, -0.2) is 19.8 Å². The molecule has 4 nitrogen and oxygen atoms in total. The lowest BCUT2D eigenvalue weighted by molar-refractivity contribution is 0.872. The van der Waals surface area contributed by atoms with Crippen LogP contribution in [0.5, 0.6) is 0 Å². The van der Waals surface area contributed by atoms with Gasteiger partial charge < -0.3 is 0 Å². The molecule has 2 heterocycles. The lowest BCUT2D eigenvalue weighted by Crippen LogP contribution is -1.93. The lowest BCUT2D eigenvalue weighted by Gasteiger charge is -2.00. The van der Waals surface area contributed by atoms with E-state index < -0.39 is 0 Å². The summed E-state index contributed by atoms with van der Waals surface area (Å²) in [7, 11) is 0. The molecule has 0 aliphatic carbocycles. The minimum atomic E-state index is 0.688. The van der Waals surface area contributed by atoms with Gasteiger partial charge in [0.1, 0.15) is 11.4 Å². The molecule has 2 aromatic heterocycles. The van der Waals surface area contributed by atoms with E-state index in [2.05, 4.69) is 27.9 Å². The predicted octanol–water partition coefficient (Wildman–Crippen LogP) is 1.57. The highest BCUT2D eigenvalue weighted by Gasteiger charge is 2.05. The van der Waals surface area contributed by atoms with Crippen molar-refractivity contribution in [3.05, 3.63) is 30.6 Å². The van der Waals surface area contributed by atoms with Crippen LogP contribution < -0.4 is 0 Å². The third kappa shape index (κ3) is 0.927. The first-order valence-corrected chi connectivity index (χ1v) is 4.59. The molecule has 0 unspecified atom stereocenters. The number of nitrogens with zero attached hydrogens (tertiary/aromatic N) is 4. The van der Waals surface area contributed by atoms with Crippen molar-refractivity contribution < 1.29 is 0 Å². The van der Waals surface area contributed by atoms with Crippen LogP contribution in [0, 0.1) is 0 Å². The van der Waals surface area contributed by atoms with E-state index >= 15 is 0 Å². The molecule has 0 aliphatic heterocycles. The van der Waals surface area contributed by atoms with Gasteiger partial charge in [0, 0.05) is 10.8 Å². The van der Waals surface area contributed by atoms with Crippen LogP contribution in [0.3, 0.4) is 0 Å². The second kappa shape index (κ2) is 2.68. The van der Waals surface area contributed by atoms with Crippen LogP contribution in [0.25, 0.3) is 16.4 Å². The molecule has 0 N–H and O–H groups in total. The van der Waals surface area contributed by atoms with Gasteiger partial charge in [-0.05, 0) is 0 Å². The molecule has 0 saturated heterocycles. The van der Waals surface area contributed by atoms with Crippen molar-refractivity contribution >= 4 is 29.0 Å². The van der Waals surface area contributed by atoms with Crippen molar-refractivity contribution in [2.24, 2.45) is 0 Å². The van der Waals surface area contributed by atoms with Crippen molar-refractivity contribution in [1.29, 1.82) is 0 Å². The SMILES string of the molecule is Sc1nn2cnnc2c2ccccc12. The number of hydrogen-bond acceptors (Lipinski definition) is 4.